The maximum atomic E-state index is 12.7. The first-order valence-corrected chi connectivity index (χ1v) is 12.0. The van der Waals surface area contributed by atoms with Crippen molar-refractivity contribution in [1.29, 1.82) is 0 Å². The van der Waals surface area contributed by atoms with Crippen LogP contribution >= 0.6 is 0 Å². The number of benzene rings is 4. The summed E-state index contributed by atoms with van der Waals surface area (Å²) in [5.41, 5.74) is 3.37. The van der Waals surface area contributed by atoms with Crippen molar-refractivity contribution in [3.8, 4) is 0 Å². The molecule has 0 saturated carbocycles. The Morgan fingerprint density at radius 1 is 0.806 bits per heavy atom. The topological polar surface area (TPSA) is 55.8 Å². The van der Waals surface area contributed by atoms with Gasteiger partial charge in [0.1, 0.15) is 11.7 Å². The van der Waals surface area contributed by atoms with E-state index in [1.165, 1.54) is 6.92 Å². The highest BCUT2D eigenvalue weighted by atomic mass is 16.6. The van der Waals surface area contributed by atoms with Crippen LogP contribution in [0, 0.1) is 0 Å². The number of carbonyl (C=O) groups is 2. The van der Waals surface area contributed by atoms with E-state index in [4.69, 9.17) is 9.47 Å². The minimum atomic E-state index is -0.882. The number of anilines is 1. The lowest BCUT2D eigenvalue weighted by Crippen LogP contribution is -2.36. The van der Waals surface area contributed by atoms with Gasteiger partial charge in [-0.2, -0.15) is 0 Å². The maximum Gasteiger partial charge on any atom is 0.414 e. The number of hydrogen-bond donors (Lipinski definition) is 0. The highest BCUT2D eigenvalue weighted by molar-refractivity contribution is 5.95. The molecule has 5 nitrogen and oxygen atoms in total. The van der Waals surface area contributed by atoms with E-state index in [1.807, 2.05) is 54.6 Å². The molecule has 36 heavy (non-hydrogen) atoms. The van der Waals surface area contributed by atoms with Crippen LogP contribution in [0.3, 0.4) is 0 Å². The van der Waals surface area contributed by atoms with Crippen LogP contribution in [0.2, 0.25) is 0 Å². The lowest BCUT2D eigenvalue weighted by Gasteiger charge is -2.36. The van der Waals surface area contributed by atoms with Gasteiger partial charge in [0.25, 0.3) is 0 Å². The largest absolute Gasteiger partial charge is 0.441 e. The van der Waals surface area contributed by atoms with Gasteiger partial charge in [-0.05, 0) is 47.9 Å². The van der Waals surface area contributed by atoms with Crippen LogP contribution < -0.4 is 4.90 Å². The van der Waals surface area contributed by atoms with Crippen molar-refractivity contribution >= 4 is 17.6 Å². The third-order valence-corrected chi connectivity index (χ3v) is 6.49. The van der Waals surface area contributed by atoms with Crippen molar-refractivity contribution < 1.29 is 19.1 Å². The Kier molecular flexibility index (Phi) is 6.65. The summed E-state index contributed by atoms with van der Waals surface area (Å²) in [6.45, 7) is 2.07. The second kappa shape index (κ2) is 10.2. The molecule has 180 valence electrons. The van der Waals surface area contributed by atoms with Crippen LogP contribution in [-0.4, -0.2) is 31.1 Å². The Labute approximate surface area is 210 Å². The number of Topliss-reactive ketones (excluding diaryl/α,β-unsaturated/α-hetero) is 1. The van der Waals surface area contributed by atoms with E-state index in [9.17, 15) is 9.59 Å². The predicted molar refractivity (Wildman–Crippen MR) is 139 cm³/mol. The lowest BCUT2D eigenvalue weighted by molar-refractivity contribution is -0.0296. The van der Waals surface area contributed by atoms with Crippen LogP contribution in [-0.2, 0) is 15.1 Å². The van der Waals surface area contributed by atoms with Gasteiger partial charge in [0.05, 0.1) is 13.2 Å². The van der Waals surface area contributed by atoms with Crippen LogP contribution in [0.5, 0.6) is 0 Å². The molecule has 4 aromatic carbocycles. The normalized spacial score (nSPS) is 15.5. The van der Waals surface area contributed by atoms with E-state index in [0.717, 1.165) is 16.7 Å². The molecule has 1 fully saturated rings. The van der Waals surface area contributed by atoms with Gasteiger partial charge in [-0.15, -0.1) is 0 Å². The van der Waals surface area contributed by atoms with Crippen molar-refractivity contribution in [2.75, 3.05) is 18.1 Å². The van der Waals surface area contributed by atoms with E-state index in [-0.39, 0.29) is 12.4 Å². The molecule has 0 aromatic heterocycles. The van der Waals surface area contributed by atoms with E-state index in [1.54, 1.807) is 29.2 Å². The molecule has 5 heteroatoms. The molecule has 1 aliphatic rings. The minimum Gasteiger partial charge on any atom is -0.441 e. The molecule has 1 heterocycles. The van der Waals surface area contributed by atoms with Gasteiger partial charge in [0.2, 0.25) is 0 Å². The summed E-state index contributed by atoms with van der Waals surface area (Å²) in [4.78, 5) is 25.9. The summed E-state index contributed by atoms with van der Waals surface area (Å²) in [6.07, 6.45) is -0.885. The second-order valence-electron chi connectivity index (χ2n) is 8.81. The van der Waals surface area contributed by atoms with Crippen molar-refractivity contribution in [3.63, 3.8) is 0 Å². The third kappa shape index (κ3) is 4.53. The fourth-order valence-corrected chi connectivity index (χ4v) is 4.68. The number of ketones is 1. The van der Waals surface area contributed by atoms with Crippen LogP contribution in [0.4, 0.5) is 10.5 Å². The van der Waals surface area contributed by atoms with E-state index in [2.05, 4.69) is 36.4 Å². The first kappa shape index (κ1) is 23.5. The number of cyclic esters (lactones) is 1. The lowest BCUT2D eigenvalue weighted by atomic mass is 9.80. The molecule has 0 unspecified atom stereocenters. The molecule has 1 saturated heterocycles. The van der Waals surface area contributed by atoms with Gasteiger partial charge in [-0.1, -0.05) is 91.0 Å². The monoisotopic (exact) mass is 477 g/mol. The molecule has 0 bridgehead atoms. The molecular weight excluding hydrogens is 450 g/mol. The predicted octanol–water partition coefficient (Wildman–Crippen LogP) is 6.22. The quantitative estimate of drug-likeness (QED) is 0.223. The molecular formula is C31H27NO4. The average Bonchev–Trinajstić information content (AvgIpc) is 3.31. The SMILES string of the molecule is CC(=O)c1ccc(N2C[C@@H](COC(c3ccccc3)(c3ccccc3)c3ccccc3)OC2=O)cc1. The van der Waals surface area contributed by atoms with Gasteiger partial charge in [0.15, 0.2) is 5.78 Å². The molecule has 1 atom stereocenters. The van der Waals surface area contributed by atoms with E-state index < -0.39 is 17.8 Å². The Bertz CT molecular complexity index is 1220. The van der Waals surface area contributed by atoms with Gasteiger partial charge < -0.3 is 9.47 Å². The highest BCUT2D eigenvalue weighted by Crippen LogP contribution is 2.41. The summed E-state index contributed by atoms with van der Waals surface area (Å²) in [5.74, 6) is -0.0177. The number of ether oxygens (including phenoxy) is 2. The molecule has 0 N–H and O–H groups in total. The zero-order chi connectivity index (χ0) is 25.0. The van der Waals surface area contributed by atoms with Crippen LogP contribution in [0.25, 0.3) is 0 Å². The van der Waals surface area contributed by atoms with Crippen molar-refractivity contribution in [1.82, 2.24) is 0 Å². The second-order valence-corrected chi connectivity index (χ2v) is 8.81. The van der Waals surface area contributed by atoms with E-state index in [0.29, 0.717) is 17.8 Å². The van der Waals surface area contributed by atoms with Gasteiger partial charge in [-0.25, -0.2) is 4.79 Å². The Balaban J connectivity index is 1.45. The molecule has 1 aliphatic heterocycles. The smallest absolute Gasteiger partial charge is 0.414 e. The van der Waals surface area contributed by atoms with Gasteiger partial charge in [0, 0.05) is 11.3 Å². The Morgan fingerprint density at radius 2 is 1.28 bits per heavy atom. The summed E-state index contributed by atoms with van der Waals surface area (Å²) in [6, 6.07) is 37.3. The Morgan fingerprint density at radius 3 is 1.72 bits per heavy atom. The van der Waals surface area contributed by atoms with Crippen molar-refractivity contribution in [2.24, 2.45) is 0 Å². The summed E-state index contributed by atoms with van der Waals surface area (Å²) in [7, 11) is 0. The summed E-state index contributed by atoms with van der Waals surface area (Å²) in [5, 5.41) is 0. The fourth-order valence-electron chi connectivity index (χ4n) is 4.68. The highest BCUT2D eigenvalue weighted by Gasteiger charge is 2.40. The van der Waals surface area contributed by atoms with E-state index >= 15 is 0 Å². The number of amides is 1. The molecule has 5 rings (SSSR count). The van der Waals surface area contributed by atoms with Crippen molar-refractivity contribution in [2.45, 2.75) is 18.6 Å². The molecule has 0 spiro atoms. The number of nitrogens with zero attached hydrogens (tertiary/aromatic N) is 1. The van der Waals surface area contributed by atoms with Crippen LogP contribution in [0.1, 0.15) is 34.0 Å². The number of carbonyl (C=O) groups excluding carboxylic acids is 2. The fraction of sp³-hybridized carbons (Fsp3) is 0.161. The summed E-state index contributed by atoms with van der Waals surface area (Å²) < 4.78 is 12.5. The van der Waals surface area contributed by atoms with Crippen molar-refractivity contribution in [3.05, 3.63) is 138 Å². The molecule has 4 aromatic rings. The third-order valence-electron chi connectivity index (χ3n) is 6.49. The number of rotatable bonds is 8. The standard InChI is InChI=1S/C31H27NO4/c1-23(33)24-17-19-28(20-18-24)32-21-29(36-30(32)34)22-35-31(25-11-5-2-6-12-25,26-13-7-3-8-14-26)27-15-9-4-10-16-27/h2-20,29H,21-22H2,1H3/t29-/m0/s1. The molecule has 1 amide bonds. The Hall–Kier alpha value is -4.22. The maximum absolute atomic E-state index is 12.7. The first-order valence-electron chi connectivity index (χ1n) is 12.0. The molecule has 0 radical (unpaired) electrons. The molecule has 0 aliphatic carbocycles. The first-order chi connectivity index (χ1) is 17.6. The minimum absolute atomic E-state index is 0.0177. The summed E-state index contributed by atoms with van der Waals surface area (Å²) >= 11 is 0. The zero-order valence-corrected chi connectivity index (χ0v) is 20.0. The van der Waals surface area contributed by atoms with Gasteiger partial charge in [-0.3, -0.25) is 9.69 Å². The zero-order valence-electron chi connectivity index (χ0n) is 20.0. The van der Waals surface area contributed by atoms with Gasteiger partial charge >= 0.3 is 6.09 Å². The average molecular weight is 478 g/mol. The number of hydrogen-bond acceptors (Lipinski definition) is 4. The van der Waals surface area contributed by atoms with Crippen LogP contribution in [0.15, 0.2) is 115 Å².